The molecule has 1 aromatic carbocycles. The molecular weight excluding hydrogens is 248 g/mol. The van der Waals surface area contributed by atoms with Gasteiger partial charge < -0.3 is 10.0 Å². The van der Waals surface area contributed by atoms with Gasteiger partial charge in [0.05, 0.1) is 6.54 Å². The molecule has 1 N–H and O–H groups in total. The fraction of sp³-hybridized carbons (Fsp3) is 0.200. The van der Waals surface area contributed by atoms with Crippen molar-refractivity contribution in [2.75, 3.05) is 6.54 Å². The van der Waals surface area contributed by atoms with Crippen molar-refractivity contribution in [2.45, 2.75) is 13.3 Å². The number of aromatic hydroxyl groups is 1. The second-order valence-corrected chi connectivity index (χ2v) is 4.40. The first-order valence-corrected chi connectivity index (χ1v) is 5.92. The molecule has 0 radical (unpaired) electrons. The van der Waals surface area contributed by atoms with Gasteiger partial charge in [0.25, 0.3) is 6.43 Å². The molecule has 2 nitrogen and oxygen atoms in total. The van der Waals surface area contributed by atoms with Crippen LogP contribution in [0.5, 0.6) is 5.75 Å². The van der Waals surface area contributed by atoms with Gasteiger partial charge in [-0.1, -0.05) is 12.7 Å². The smallest absolute Gasteiger partial charge is 0.256 e. The molecule has 19 heavy (non-hydrogen) atoms. The maximum Gasteiger partial charge on any atom is 0.256 e. The first-order valence-electron chi connectivity index (χ1n) is 5.92. The van der Waals surface area contributed by atoms with Gasteiger partial charge in [0.15, 0.2) is 0 Å². The maximum atomic E-state index is 12.7. The third-order valence-electron chi connectivity index (χ3n) is 3.05. The van der Waals surface area contributed by atoms with E-state index in [9.17, 15) is 13.9 Å². The van der Waals surface area contributed by atoms with Crippen LogP contribution in [0.15, 0.2) is 54.3 Å². The molecule has 0 bridgehead atoms. The van der Waals surface area contributed by atoms with Crippen LogP contribution in [0.1, 0.15) is 12.5 Å². The molecule has 100 valence electrons. The van der Waals surface area contributed by atoms with Gasteiger partial charge in [0.2, 0.25) is 0 Å². The predicted octanol–water partition coefficient (Wildman–Crippen LogP) is 3.77. The van der Waals surface area contributed by atoms with Crippen LogP contribution in [0.25, 0.3) is 5.70 Å². The summed E-state index contributed by atoms with van der Waals surface area (Å²) in [5, 5.41) is 9.28. The lowest BCUT2D eigenvalue weighted by Gasteiger charge is -2.32. The Balaban J connectivity index is 2.39. The lowest BCUT2D eigenvalue weighted by molar-refractivity contribution is 0.123. The van der Waals surface area contributed by atoms with Crippen LogP contribution in [-0.2, 0) is 0 Å². The van der Waals surface area contributed by atoms with E-state index in [0.717, 1.165) is 11.1 Å². The average Bonchev–Trinajstić information content (AvgIpc) is 2.36. The fourth-order valence-corrected chi connectivity index (χ4v) is 1.98. The van der Waals surface area contributed by atoms with Gasteiger partial charge in [-0.25, -0.2) is 8.78 Å². The Kier molecular flexibility index (Phi) is 3.69. The standard InChI is InChI=1S/C15H15F2NO/c1-10-3-8-14(12-4-6-13(19)7-5-12)18(11(10)2)9-15(16)17/h3-8,15,19H,2,9H2,1H3. The van der Waals surface area contributed by atoms with Gasteiger partial charge >= 0.3 is 0 Å². The zero-order chi connectivity index (χ0) is 14.0. The summed E-state index contributed by atoms with van der Waals surface area (Å²) in [6.45, 7) is 5.30. The molecule has 0 atom stereocenters. The zero-order valence-electron chi connectivity index (χ0n) is 10.6. The summed E-state index contributed by atoms with van der Waals surface area (Å²) in [5.74, 6) is 0.145. The molecule has 0 aliphatic carbocycles. The Morgan fingerprint density at radius 1 is 1.21 bits per heavy atom. The summed E-state index contributed by atoms with van der Waals surface area (Å²) < 4.78 is 25.4. The molecule has 0 saturated carbocycles. The SMILES string of the molecule is C=C1C(C)=CC=C(c2ccc(O)cc2)N1CC(F)F. The van der Waals surface area contributed by atoms with Gasteiger partial charge in [0.1, 0.15) is 5.75 Å². The molecule has 0 fully saturated rings. The number of benzene rings is 1. The number of nitrogens with zero attached hydrogens (tertiary/aromatic N) is 1. The van der Waals surface area contributed by atoms with Crippen LogP contribution in [0.2, 0.25) is 0 Å². The van der Waals surface area contributed by atoms with Crippen molar-refractivity contribution in [3.8, 4) is 5.75 Å². The second-order valence-electron chi connectivity index (χ2n) is 4.40. The molecular formula is C15H15F2NO. The highest BCUT2D eigenvalue weighted by Gasteiger charge is 2.22. The van der Waals surface area contributed by atoms with Crippen LogP contribution in [0, 0.1) is 0 Å². The van der Waals surface area contributed by atoms with Crippen molar-refractivity contribution in [3.05, 3.63) is 59.8 Å². The minimum Gasteiger partial charge on any atom is -0.508 e. The van der Waals surface area contributed by atoms with E-state index in [1.54, 1.807) is 18.2 Å². The highest BCUT2D eigenvalue weighted by molar-refractivity contribution is 5.71. The Labute approximate surface area is 111 Å². The molecule has 4 heteroatoms. The van der Waals surface area contributed by atoms with E-state index in [-0.39, 0.29) is 5.75 Å². The summed E-state index contributed by atoms with van der Waals surface area (Å²) in [7, 11) is 0. The Morgan fingerprint density at radius 3 is 2.42 bits per heavy atom. The summed E-state index contributed by atoms with van der Waals surface area (Å²) in [6, 6.07) is 6.46. The molecule has 0 saturated heterocycles. The van der Waals surface area contributed by atoms with E-state index in [4.69, 9.17) is 0 Å². The zero-order valence-corrected chi connectivity index (χ0v) is 10.6. The molecule has 1 aliphatic heterocycles. The molecule has 0 spiro atoms. The highest BCUT2D eigenvalue weighted by atomic mass is 19.3. The molecule has 1 aliphatic rings. The topological polar surface area (TPSA) is 23.5 Å². The van der Waals surface area contributed by atoms with Crippen LogP contribution < -0.4 is 0 Å². The summed E-state index contributed by atoms with van der Waals surface area (Å²) >= 11 is 0. The number of hydrogen-bond acceptors (Lipinski definition) is 2. The normalized spacial score (nSPS) is 15.6. The first-order chi connectivity index (χ1) is 8.99. The summed E-state index contributed by atoms with van der Waals surface area (Å²) in [5.41, 5.74) is 2.87. The van der Waals surface area contributed by atoms with Crippen molar-refractivity contribution >= 4 is 5.70 Å². The van der Waals surface area contributed by atoms with Gasteiger partial charge in [0, 0.05) is 11.4 Å². The van der Waals surface area contributed by atoms with Gasteiger partial charge in [-0.15, -0.1) is 0 Å². The molecule has 2 rings (SSSR count). The molecule has 1 heterocycles. The van der Waals surface area contributed by atoms with E-state index < -0.39 is 13.0 Å². The van der Waals surface area contributed by atoms with Crippen molar-refractivity contribution in [3.63, 3.8) is 0 Å². The van der Waals surface area contributed by atoms with Gasteiger partial charge in [-0.2, -0.15) is 0 Å². The van der Waals surface area contributed by atoms with Crippen LogP contribution >= 0.6 is 0 Å². The van der Waals surface area contributed by atoms with Crippen molar-refractivity contribution in [1.82, 2.24) is 4.90 Å². The molecule has 0 unspecified atom stereocenters. The lowest BCUT2D eigenvalue weighted by Crippen LogP contribution is -2.28. The van der Waals surface area contributed by atoms with Crippen molar-refractivity contribution in [2.24, 2.45) is 0 Å². The number of allylic oxidation sites excluding steroid dienone is 3. The number of phenolic OH excluding ortho intramolecular Hbond substituents is 1. The summed E-state index contributed by atoms with van der Waals surface area (Å²) in [4.78, 5) is 1.51. The lowest BCUT2D eigenvalue weighted by atomic mass is 10.0. The third-order valence-corrected chi connectivity index (χ3v) is 3.05. The quantitative estimate of drug-likeness (QED) is 0.897. The van der Waals surface area contributed by atoms with E-state index in [1.807, 2.05) is 13.0 Å². The largest absolute Gasteiger partial charge is 0.508 e. The van der Waals surface area contributed by atoms with Crippen LogP contribution in [0.4, 0.5) is 8.78 Å². The van der Waals surface area contributed by atoms with Gasteiger partial charge in [-0.05, 0) is 48.4 Å². The monoisotopic (exact) mass is 263 g/mol. The second kappa shape index (κ2) is 5.26. The van der Waals surface area contributed by atoms with E-state index >= 15 is 0 Å². The number of rotatable bonds is 3. The number of alkyl halides is 2. The molecule has 1 aromatic rings. The average molecular weight is 263 g/mol. The first kappa shape index (κ1) is 13.3. The number of halogens is 2. The van der Waals surface area contributed by atoms with E-state index in [0.29, 0.717) is 11.4 Å². The van der Waals surface area contributed by atoms with Crippen molar-refractivity contribution < 1.29 is 13.9 Å². The number of phenols is 1. The molecule has 0 aromatic heterocycles. The Morgan fingerprint density at radius 2 is 1.84 bits per heavy atom. The summed E-state index contributed by atoms with van der Waals surface area (Å²) in [6.07, 6.45) is 1.20. The van der Waals surface area contributed by atoms with Crippen molar-refractivity contribution in [1.29, 1.82) is 0 Å². The van der Waals surface area contributed by atoms with Gasteiger partial charge in [-0.3, -0.25) is 0 Å². The minimum absolute atomic E-state index is 0.145. The molecule has 0 amide bonds. The highest BCUT2D eigenvalue weighted by Crippen LogP contribution is 2.31. The van der Waals surface area contributed by atoms with E-state index in [1.165, 1.54) is 17.0 Å². The van der Waals surface area contributed by atoms with Crippen LogP contribution in [-0.4, -0.2) is 23.0 Å². The Bertz CT molecular complexity index is 544. The van der Waals surface area contributed by atoms with Crippen LogP contribution in [0.3, 0.4) is 0 Å². The fourth-order valence-electron chi connectivity index (χ4n) is 1.98. The third kappa shape index (κ3) is 2.84. The number of hydrogen-bond donors (Lipinski definition) is 1. The minimum atomic E-state index is -2.44. The predicted molar refractivity (Wildman–Crippen MR) is 71.7 cm³/mol. The van der Waals surface area contributed by atoms with E-state index in [2.05, 4.69) is 6.58 Å². The Hall–Kier alpha value is -2.10. The maximum absolute atomic E-state index is 12.7.